The van der Waals surface area contributed by atoms with E-state index < -0.39 is 29.7 Å². The van der Waals surface area contributed by atoms with Crippen molar-refractivity contribution >= 4 is 53.0 Å². The number of benzene rings is 1. The third-order valence-electron chi connectivity index (χ3n) is 5.88. The molecule has 0 saturated carbocycles. The van der Waals surface area contributed by atoms with Crippen LogP contribution in [0.25, 0.3) is 16.9 Å². The number of hydrogen-bond acceptors (Lipinski definition) is 9. The SMILES string of the molecule is N=C(N)NC[C@H](N)C(=O)NCCCNC(=O)c1ccc(Nc2nccn3c(-c4c[nH]nc4C(F)(F)F)cnc23)cc1Cl.O=CO. The van der Waals surface area contributed by atoms with Crippen molar-refractivity contribution in [3.63, 3.8) is 0 Å². The summed E-state index contributed by atoms with van der Waals surface area (Å²) in [7, 11) is 0. The molecule has 0 spiro atoms. The van der Waals surface area contributed by atoms with Gasteiger partial charge >= 0.3 is 6.18 Å². The Bertz CT molecular complexity index is 1660. The molecule has 0 aliphatic rings. The summed E-state index contributed by atoms with van der Waals surface area (Å²) < 4.78 is 41.5. The van der Waals surface area contributed by atoms with Crippen LogP contribution in [0.2, 0.25) is 5.02 Å². The molecule has 1 aromatic carbocycles. The van der Waals surface area contributed by atoms with Crippen LogP contribution in [-0.2, 0) is 15.8 Å². The average molecular weight is 653 g/mol. The Balaban J connectivity index is 0.00000177. The van der Waals surface area contributed by atoms with Gasteiger partial charge in [-0.2, -0.15) is 18.3 Å². The Morgan fingerprint density at radius 2 is 1.91 bits per heavy atom. The standard InChI is InChI=1S/C24H26ClF3N12O2.CH2O2/c25-15-8-12(2-3-13(15)21(41)33-4-1-5-34-22(42)16(29)10-36-23(30)31)38-19-20-35-11-17(40(20)7-6-32-19)14-9-37-39-18(14)24(26,27)28;2-1-3/h2-3,6-9,11,16H,1,4-5,10,29H2,(H,32,38)(H,33,41)(H,34,42)(H,37,39)(H4,30,31,36);1H,(H,2,3)/t16-;/m0./s1. The van der Waals surface area contributed by atoms with Gasteiger partial charge in [0.15, 0.2) is 23.1 Å². The number of carboxylic acid groups (broad SMARTS) is 1. The molecule has 20 heteroatoms. The number of H-pyrrole nitrogens is 1. The molecule has 45 heavy (non-hydrogen) atoms. The van der Waals surface area contributed by atoms with Crippen molar-refractivity contribution in [1.29, 1.82) is 5.41 Å². The minimum absolute atomic E-state index is 0.0176. The van der Waals surface area contributed by atoms with Crippen LogP contribution < -0.4 is 32.7 Å². The normalized spacial score (nSPS) is 11.6. The number of hydrogen-bond donors (Lipinski definition) is 9. The van der Waals surface area contributed by atoms with Gasteiger partial charge in [-0.05, 0) is 24.6 Å². The molecular formula is C25H28ClF3N12O4. The van der Waals surface area contributed by atoms with Crippen LogP contribution in [0.1, 0.15) is 22.5 Å². The number of nitrogens with one attached hydrogen (secondary N) is 6. The monoisotopic (exact) mass is 652 g/mol. The van der Waals surface area contributed by atoms with E-state index in [9.17, 15) is 22.8 Å². The third-order valence-corrected chi connectivity index (χ3v) is 6.19. The molecule has 11 N–H and O–H groups in total. The maximum atomic E-state index is 13.4. The number of alkyl halides is 3. The quantitative estimate of drug-likeness (QED) is 0.0483. The molecule has 0 aliphatic heterocycles. The smallest absolute Gasteiger partial charge is 0.435 e. The highest BCUT2D eigenvalue weighted by molar-refractivity contribution is 6.34. The number of fused-ring (bicyclic) bond motifs is 1. The second-order valence-corrected chi connectivity index (χ2v) is 9.39. The molecule has 3 heterocycles. The number of carbonyl (C=O) groups excluding carboxylic acids is 2. The first-order chi connectivity index (χ1) is 21.4. The molecule has 4 rings (SSSR count). The zero-order valence-electron chi connectivity index (χ0n) is 23.2. The van der Waals surface area contributed by atoms with Crippen LogP contribution in [0.3, 0.4) is 0 Å². The van der Waals surface area contributed by atoms with E-state index in [4.69, 9.17) is 38.4 Å². The molecule has 4 aromatic rings. The van der Waals surface area contributed by atoms with Crippen LogP contribution >= 0.6 is 11.6 Å². The molecule has 240 valence electrons. The second kappa shape index (κ2) is 15.3. The summed E-state index contributed by atoms with van der Waals surface area (Å²) in [5.74, 6) is -0.904. The maximum absolute atomic E-state index is 13.4. The van der Waals surface area contributed by atoms with Gasteiger partial charge in [-0.1, -0.05) is 11.6 Å². The van der Waals surface area contributed by atoms with Crippen molar-refractivity contribution < 1.29 is 32.7 Å². The lowest BCUT2D eigenvalue weighted by atomic mass is 10.2. The number of aromatic nitrogens is 5. The summed E-state index contributed by atoms with van der Waals surface area (Å²) in [6.45, 7) is 0.274. The van der Waals surface area contributed by atoms with E-state index in [1.165, 1.54) is 35.1 Å². The first-order valence-electron chi connectivity index (χ1n) is 12.8. The summed E-state index contributed by atoms with van der Waals surface area (Å²) >= 11 is 6.35. The van der Waals surface area contributed by atoms with Gasteiger partial charge < -0.3 is 37.8 Å². The fourth-order valence-electron chi connectivity index (χ4n) is 3.86. The fourth-order valence-corrected chi connectivity index (χ4v) is 4.13. The van der Waals surface area contributed by atoms with Crippen molar-refractivity contribution in [2.24, 2.45) is 11.5 Å². The molecule has 0 aliphatic carbocycles. The summed E-state index contributed by atoms with van der Waals surface area (Å²) in [5.41, 5.74) is 10.7. The average Bonchev–Trinajstić information content (AvgIpc) is 3.64. The first-order valence-corrected chi connectivity index (χ1v) is 13.2. The number of anilines is 2. The van der Waals surface area contributed by atoms with Crippen molar-refractivity contribution in [3.05, 3.63) is 59.3 Å². The minimum atomic E-state index is -4.65. The predicted molar refractivity (Wildman–Crippen MR) is 157 cm³/mol. The maximum Gasteiger partial charge on any atom is 0.435 e. The van der Waals surface area contributed by atoms with Crippen molar-refractivity contribution in [2.45, 2.75) is 18.6 Å². The molecule has 2 amide bonds. The van der Waals surface area contributed by atoms with E-state index in [0.717, 1.165) is 6.20 Å². The first kappa shape index (κ1) is 34.1. The summed E-state index contributed by atoms with van der Waals surface area (Å²) in [5, 5.41) is 30.5. The molecule has 3 aromatic heterocycles. The van der Waals surface area contributed by atoms with Gasteiger partial charge in [0.2, 0.25) is 5.91 Å². The molecule has 0 fully saturated rings. The zero-order valence-corrected chi connectivity index (χ0v) is 23.9. The van der Waals surface area contributed by atoms with Crippen LogP contribution in [0.4, 0.5) is 24.7 Å². The van der Waals surface area contributed by atoms with E-state index in [1.54, 1.807) is 6.07 Å². The van der Waals surface area contributed by atoms with E-state index in [0.29, 0.717) is 12.1 Å². The van der Waals surface area contributed by atoms with Crippen molar-refractivity contribution in [2.75, 3.05) is 25.0 Å². The number of rotatable bonds is 11. The number of amides is 2. The number of guanidine groups is 1. The fraction of sp³-hybridized carbons (Fsp3) is 0.240. The molecular weight excluding hydrogens is 625 g/mol. The van der Waals surface area contributed by atoms with Crippen LogP contribution in [-0.4, -0.2) is 79.6 Å². The largest absolute Gasteiger partial charge is 0.483 e. The lowest BCUT2D eigenvalue weighted by Crippen LogP contribution is -2.49. The van der Waals surface area contributed by atoms with E-state index in [1.807, 2.05) is 0 Å². The molecule has 0 unspecified atom stereocenters. The Hall–Kier alpha value is -5.43. The molecule has 16 nitrogen and oxygen atoms in total. The Morgan fingerprint density at radius 1 is 1.20 bits per heavy atom. The summed E-state index contributed by atoms with van der Waals surface area (Å²) in [6, 6.07) is 3.71. The van der Waals surface area contributed by atoms with Gasteiger partial charge in [-0.3, -0.25) is 29.3 Å². The van der Waals surface area contributed by atoms with Crippen molar-refractivity contribution in [3.8, 4) is 11.3 Å². The van der Waals surface area contributed by atoms with Crippen molar-refractivity contribution in [1.82, 2.24) is 40.5 Å². The number of aromatic amines is 1. The van der Waals surface area contributed by atoms with E-state index >= 15 is 0 Å². The topological polar surface area (TPSA) is 254 Å². The number of nitrogens with two attached hydrogens (primary N) is 2. The van der Waals surface area contributed by atoms with E-state index in [-0.39, 0.29) is 65.4 Å². The zero-order chi connectivity index (χ0) is 33.1. The van der Waals surface area contributed by atoms with Gasteiger partial charge in [0.05, 0.1) is 28.0 Å². The number of nitrogens with zero attached hydrogens (tertiary/aromatic N) is 4. The van der Waals surface area contributed by atoms with Crippen LogP contribution in [0.15, 0.2) is 43.0 Å². The number of carbonyl (C=O) groups is 3. The van der Waals surface area contributed by atoms with Gasteiger partial charge in [0.25, 0.3) is 12.4 Å². The second-order valence-electron chi connectivity index (χ2n) is 8.98. The van der Waals surface area contributed by atoms with Gasteiger partial charge in [-0.15, -0.1) is 0 Å². The Morgan fingerprint density at radius 3 is 2.58 bits per heavy atom. The Labute approximate surface area is 257 Å². The van der Waals surface area contributed by atoms with Gasteiger partial charge in [0.1, 0.15) is 6.04 Å². The lowest BCUT2D eigenvalue weighted by Gasteiger charge is -2.13. The minimum Gasteiger partial charge on any atom is -0.483 e. The van der Waals surface area contributed by atoms with Gasteiger partial charge in [-0.25, -0.2) is 9.97 Å². The predicted octanol–water partition coefficient (Wildman–Crippen LogP) is 1.28. The summed E-state index contributed by atoms with van der Waals surface area (Å²) in [4.78, 5) is 41.3. The highest BCUT2D eigenvalue weighted by atomic mass is 35.5. The lowest BCUT2D eigenvalue weighted by molar-refractivity contribution is -0.140. The highest BCUT2D eigenvalue weighted by Gasteiger charge is 2.37. The molecule has 0 radical (unpaired) electrons. The third kappa shape index (κ3) is 9.03. The van der Waals surface area contributed by atoms with Gasteiger partial charge in [0, 0.05) is 43.9 Å². The molecule has 0 saturated heterocycles. The summed E-state index contributed by atoms with van der Waals surface area (Å²) in [6.07, 6.45) is 1.07. The number of halogens is 4. The molecule has 0 bridgehead atoms. The van der Waals surface area contributed by atoms with Crippen LogP contribution in [0.5, 0.6) is 0 Å². The highest BCUT2D eigenvalue weighted by Crippen LogP contribution is 2.36. The van der Waals surface area contributed by atoms with Crippen LogP contribution in [0, 0.1) is 5.41 Å². The number of imidazole rings is 1. The Kier molecular flexibility index (Phi) is 11.6. The molecule has 1 atom stereocenters. The van der Waals surface area contributed by atoms with E-state index in [2.05, 4.69) is 41.4 Å².